The van der Waals surface area contributed by atoms with Gasteiger partial charge in [0.05, 0.1) is 11.4 Å². The van der Waals surface area contributed by atoms with E-state index in [1.54, 1.807) is 4.68 Å². The molecule has 2 rings (SSSR count). The number of nitrogens with one attached hydrogen (secondary N) is 1. The van der Waals surface area contributed by atoms with Gasteiger partial charge in [-0.1, -0.05) is 11.6 Å². The average Bonchev–Trinajstić information content (AvgIpc) is 2.82. The van der Waals surface area contributed by atoms with Crippen LogP contribution in [0.3, 0.4) is 0 Å². The Balaban J connectivity index is 1.75. The van der Waals surface area contributed by atoms with Crippen LogP contribution < -0.4 is 5.32 Å². The van der Waals surface area contributed by atoms with Crippen LogP contribution in [0, 0.1) is 20.8 Å². The second-order valence-electron chi connectivity index (χ2n) is 5.16. The summed E-state index contributed by atoms with van der Waals surface area (Å²) in [6.07, 6.45) is 1.04. The molecule has 0 radical (unpaired) electrons. The summed E-state index contributed by atoms with van der Waals surface area (Å²) in [6, 6.07) is 2.10. The highest BCUT2D eigenvalue weighted by molar-refractivity contribution is 6.30. The molecule has 0 atom stereocenters. The quantitative estimate of drug-likeness (QED) is 0.832. The Kier molecular flexibility index (Phi) is 4.83. The Morgan fingerprint density at radius 2 is 2.00 bits per heavy atom. The Morgan fingerprint density at radius 3 is 2.55 bits per heavy atom. The molecule has 5 nitrogen and oxygen atoms in total. The summed E-state index contributed by atoms with van der Waals surface area (Å²) in [5.74, 6) is 0. The average molecular weight is 296 g/mol. The molecule has 110 valence electrons. The van der Waals surface area contributed by atoms with Gasteiger partial charge in [0, 0.05) is 31.4 Å². The van der Waals surface area contributed by atoms with Gasteiger partial charge in [-0.2, -0.15) is 10.2 Å². The lowest BCUT2D eigenvalue weighted by atomic mass is 10.2. The zero-order valence-electron chi connectivity index (χ0n) is 12.6. The molecule has 2 aromatic heterocycles. The van der Waals surface area contributed by atoms with Crippen molar-refractivity contribution in [1.29, 1.82) is 0 Å². The molecule has 1 N–H and O–H groups in total. The molecule has 0 saturated heterocycles. The van der Waals surface area contributed by atoms with Gasteiger partial charge in [-0.15, -0.1) is 0 Å². The third-order valence-electron chi connectivity index (χ3n) is 3.40. The number of aryl methyl sites for hydroxylation is 5. The number of hydrogen-bond donors (Lipinski definition) is 1. The Hall–Kier alpha value is -1.33. The summed E-state index contributed by atoms with van der Waals surface area (Å²) in [4.78, 5) is 0. The van der Waals surface area contributed by atoms with Crippen molar-refractivity contribution in [3.8, 4) is 0 Å². The molecule has 2 heterocycles. The van der Waals surface area contributed by atoms with Crippen LogP contribution in [-0.4, -0.2) is 26.1 Å². The first-order valence-electron chi connectivity index (χ1n) is 6.88. The lowest BCUT2D eigenvalue weighted by molar-refractivity contribution is 0.532. The lowest BCUT2D eigenvalue weighted by Gasteiger charge is -2.06. The van der Waals surface area contributed by atoms with Gasteiger partial charge in [-0.25, -0.2) is 0 Å². The van der Waals surface area contributed by atoms with Crippen LogP contribution in [0.5, 0.6) is 0 Å². The molecule has 20 heavy (non-hydrogen) atoms. The predicted octanol–water partition coefficient (Wildman–Crippen LogP) is 2.38. The van der Waals surface area contributed by atoms with Crippen LogP contribution >= 0.6 is 11.6 Å². The summed E-state index contributed by atoms with van der Waals surface area (Å²) in [7, 11) is 1.86. The second kappa shape index (κ2) is 6.41. The fraction of sp³-hybridized carbons (Fsp3) is 0.571. The highest BCUT2D eigenvalue weighted by Crippen LogP contribution is 2.17. The molecule has 0 saturated carbocycles. The first-order chi connectivity index (χ1) is 9.49. The van der Waals surface area contributed by atoms with Crippen molar-refractivity contribution in [2.75, 3.05) is 6.54 Å². The molecule has 0 fully saturated rings. The highest BCUT2D eigenvalue weighted by atomic mass is 35.5. The van der Waals surface area contributed by atoms with Gasteiger partial charge in [0.2, 0.25) is 0 Å². The molecular weight excluding hydrogens is 274 g/mol. The van der Waals surface area contributed by atoms with E-state index in [9.17, 15) is 0 Å². The first-order valence-corrected chi connectivity index (χ1v) is 7.26. The molecule has 0 aliphatic carbocycles. The number of nitrogens with zero attached hydrogens (tertiary/aromatic N) is 4. The Labute approximate surface area is 124 Å². The number of halogens is 1. The van der Waals surface area contributed by atoms with Crippen molar-refractivity contribution in [1.82, 2.24) is 24.9 Å². The third-order valence-corrected chi connectivity index (χ3v) is 3.87. The van der Waals surface area contributed by atoms with Gasteiger partial charge < -0.3 is 5.32 Å². The zero-order valence-corrected chi connectivity index (χ0v) is 13.3. The standard InChI is InChI=1S/C14H22ClN5/c1-10-8-11(2)20(17-10)7-5-6-16-9-13-12(3)18-19(4)14(13)15/h8,16H,5-7,9H2,1-4H3. The molecule has 0 aliphatic heterocycles. The summed E-state index contributed by atoms with van der Waals surface area (Å²) in [6.45, 7) is 8.73. The molecule has 0 spiro atoms. The van der Waals surface area contributed by atoms with E-state index in [2.05, 4.69) is 33.2 Å². The molecule has 0 amide bonds. The Bertz CT molecular complexity index is 585. The molecule has 0 aliphatic rings. The van der Waals surface area contributed by atoms with Gasteiger partial charge in [-0.3, -0.25) is 9.36 Å². The van der Waals surface area contributed by atoms with Crippen molar-refractivity contribution < 1.29 is 0 Å². The SMILES string of the molecule is Cc1cc(C)n(CCCNCc2c(C)nn(C)c2Cl)n1. The van der Waals surface area contributed by atoms with Crippen LogP contribution in [0.15, 0.2) is 6.07 Å². The van der Waals surface area contributed by atoms with E-state index in [4.69, 9.17) is 11.6 Å². The fourth-order valence-corrected chi connectivity index (χ4v) is 2.58. The van der Waals surface area contributed by atoms with Crippen LogP contribution in [0.4, 0.5) is 0 Å². The lowest BCUT2D eigenvalue weighted by Crippen LogP contribution is -2.17. The summed E-state index contributed by atoms with van der Waals surface area (Å²) in [5, 5.41) is 12.9. The van der Waals surface area contributed by atoms with Crippen molar-refractivity contribution in [3.05, 3.63) is 33.9 Å². The third kappa shape index (κ3) is 3.41. The second-order valence-corrected chi connectivity index (χ2v) is 5.52. The molecular formula is C14H22ClN5. The highest BCUT2D eigenvalue weighted by Gasteiger charge is 2.10. The monoisotopic (exact) mass is 295 g/mol. The maximum Gasteiger partial charge on any atom is 0.131 e. The molecule has 0 bridgehead atoms. The maximum absolute atomic E-state index is 6.19. The molecule has 0 aromatic carbocycles. The van der Waals surface area contributed by atoms with Crippen LogP contribution in [-0.2, 0) is 20.1 Å². The van der Waals surface area contributed by atoms with Crippen molar-refractivity contribution in [2.45, 2.75) is 40.3 Å². The summed E-state index contributed by atoms with van der Waals surface area (Å²) >= 11 is 6.19. The van der Waals surface area contributed by atoms with Gasteiger partial charge in [-0.05, 0) is 39.8 Å². The topological polar surface area (TPSA) is 47.7 Å². The minimum atomic E-state index is 0.716. The normalized spacial score (nSPS) is 11.2. The number of aromatic nitrogens is 4. The fourth-order valence-electron chi connectivity index (χ4n) is 2.34. The van der Waals surface area contributed by atoms with Crippen molar-refractivity contribution in [3.63, 3.8) is 0 Å². The molecule has 2 aromatic rings. The van der Waals surface area contributed by atoms with E-state index >= 15 is 0 Å². The Morgan fingerprint density at radius 1 is 1.25 bits per heavy atom. The number of hydrogen-bond acceptors (Lipinski definition) is 3. The van der Waals surface area contributed by atoms with Crippen LogP contribution in [0.1, 0.15) is 29.1 Å². The van der Waals surface area contributed by atoms with E-state index in [1.807, 2.05) is 20.9 Å². The van der Waals surface area contributed by atoms with Gasteiger partial charge in [0.1, 0.15) is 5.15 Å². The summed E-state index contributed by atoms with van der Waals surface area (Å²) in [5.41, 5.74) is 4.37. The van der Waals surface area contributed by atoms with Gasteiger partial charge in [0.15, 0.2) is 0 Å². The van der Waals surface area contributed by atoms with Crippen LogP contribution in [0.25, 0.3) is 0 Å². The molecule has 6 heteroatoms. The zero-order chi connectivity index (χ0) is 14.7. The van der Waals surface area contributed by atoms with Gasteiger partial charge in [0.25, 0.3) is 0 Å². The first kappa shape index (κ1) is 15.1. The van der Waals surface area contributed by atoms with Gasteiger partial charge >= 0.3 is 0 Å². The minimum absolute atomic E-state index is 0.716. The van der Waals surface area contributed by atoms with E-state index in [-0.39, 0.29) is 0 Å². The van der Waals surface area contributed by atoms with Crippen molar-refractivity contribution >= 4 is 11.6 Å². The van der Waals surface area contributed by atoms with E-state index in [1.165, 1.54) is 5.69 Å². The summed E-state index contributed by atoms with van der Waals surface area (Å²) < 4.78 is 3.77. The minimum Gasteiger partial charge on any atom is -0.312 e. The smallest absolute Gasteiger partial charge is 0.131 e. The van der Waals surface area contributed by atoms with Crippen LogP contribution in [0.2, 0.25) is 5.15 Å². The molecule has 0 unspecified atom stereocenters. The number of rotatable bonds is 6. The largest absolute Gasteiger partial charge is 0.312 e. The maximum atomic E-state index is 6.19. The van der Waals surface area contributed by atoms with E-state index in [0.29, 0.717) is 5.15 Å². The predicted molar refractivity (Wildman–Crippen MR) is 81.0 cm³/mol. The van der Waals surface area contributed by atoms with E-state index in [0.717, 1.165) is 43.0 Å². The van der Waals surface area contributed by atoms with E-state index < -0.39 is 0 Å². The van der Waals surface area contributed by atoms with Crippen molar-refractivity contribution in [2.24, 2.45) is 7.05 Å².